The molecule has 0 spiro atoms. The van der Waals surface area contributed by atoms with Crippen molar-refractivity contribution in [1.82, 2.24) is 25.2 Å². The van der Waals surface area contributed by atoms with Gasteiger partial charge in [0.15, 0.2) is 5.69 Å². The van der Waals surface area contributed by atoms with Crippen LogP contribution >= 0.6 is 0 Å². The van der Waals surface area contributed by atoms with Gasteiger partial charge in [-0.15, -0.1) is 0 Å². The van der Waals surface area contributed by atoms with E-state index in [1.807, 2.05) is 6.07 Å². The van der Waals surface area contributed by atoms with Gasteiger partial charge in [0.2, 0.25) is 11.8 Å². The molecule has 2 aromatic rings. The van der Waals surface area contributed by atoms with Gasteiger partial charge in [0.25, 0.3) is 5.91 Å². The van der Waals surface area contributed by atoms with E-state index in [1.54, 1.807) is 12.4 Å². The fraction of sp³-hybridized carbons (Fsp3) is 0.579. The average Bonchev–Trinajstić information content (AvgIpc) is 3.22. The van der Waals surface area contributed by atoms with Crippen molar-refractivity contribution in [2.45, 2.75) is 31.9 Å². The Bertz CT molecular complexity index is 754. The summed E-state index contributed by atoms with van der Waals surface area (Å²) in [6, 6.07) is 1.82. The molecule has 0 aromatic carbocycles. The average molecular weight is 386 g/mol. The van der Waals surface area contributed by atoms with Crippen molar-refractivity contribution >= 4 is 11.9 Å². The third-order valence-electron chi connectivity index (χ3n) is 5.11. The molecular formula is C19H26N6O3. The summed E-state index contributed by atoms with van der Waals surface area (Å²) < 4.78 is 11.1. The van der Waals surface area contributed by atoms with E-state index in [0.717, 1.165) is 58.0 Å². The highest BCUT2D eigenvalue weighted by Gasteiger charge is 2.21. The van der Waals surface area contributed by atoms with Crippen LogP contribution in [-0.2, 0) is 11.3 Å². The summed E-state index contributed by atoms with van der Waals surface area (Å²) in [6.07, 6.45) is 8.30. The van der Waals surface area contributed by atoms with E-state index in [4.69, 9.17) is 9.15 Å². The first-order valence-corrected chi connectivity index (χ1v) is 9.86. The minimum absolute atomic E-state index is 0.106. The Morgan fingerprint density at radius 3 is 2.75 bits per heavy atom. The number of ether oxygens (including phenoxy) is 1. The molecule has 0 saturated carbocycles. The predicted molar refractivity (Wildman–Crippen MR) is 102 cm³/mol. The summed E-state index contributed by atoms with van der Waals surface area (Å²) in [5.41, 5.74) is 0.321. The van der Waals surface area contributed by atoms with Crippen molar-refractivity contribution in [3.63, 3.8) is 0 Å². The van der Waals surface area contributed by atoms with Crippen LogP contribution in [0.5, 0.6) is 0 Å². The molecule has 1 N–H and O–H groups in total. The number of piperazine rings is 1. The van der Waals surface area contributed by atoms with Crippen molar-refractivity contribution in [2.75, 3.05) is 44.2 Å². The standard InChI is InChI=1S/C19H26N6O3/c26-18(22-12-15-4-1-2-11-27-15)16-14-28-17(23-16)13-24-7-9-25(10-8-24)19-20-5-3-6-21-19/h3,5-6,14-15H,1-2,4,7-13H2,(H,22,26). The maximum atomic E-state index is 12.3. The Morgan fingerprint density at radius 1 is 1.18 bits per heavy atom. The fourth-order valence-electron chi connectivity index (χ4n) is 3.51. The second kappa shape index (κ2) is 9.11. The van der Waals surface area contributed by atoms with Crippen LogP contribution in [0.2, 0.25) is 0 Å². The van der Waals surface area contributed by atoms with Crippen LogP contribution in [0.25, 0.3) is 0 Å². The summed E-state index contributed by atoms with van der Waals surface area (Å²) in [7, 11) is 0. The molecule has 0 bridgehead atoms. The molecule has 4 rings (SSSR count). The van der Waals surface area contributed by atoms with E-state index in [-0.39, 0.29) is 12.0 Å². The van der Waals surface area contributed by atoms with Gasteiger partial charge in [-0.1, -0.05) is 0 Å². The Morgan fingerprint density at radius 2 is 2.00 bits per heavy atom. The van der Waals surface area contributed by atoms with Crippen molar-refractivity contribution in [2.24, 2.45) is 0 Å². The molecule has 0 aliphatic carbocycles. The number of carbonyl (C=O) groups excluding carboxylic acids is 1. The zero-order valence-electron chi connectivity index (χ0n) is 15.9. The van der Waals surface area contributed by atoms with Crippen LogP contribution in [0.4, 0.5) is 5.95 Å². The van der Waals surface area contributed by atoms with Gasteiger partial charge < -0.3 is 19.4 Å². The van der Waals surface area contributed by atoms with Gasteiger partial charge >= 0.3 is 0 Å². The van der Waals surface area contributed by atoms with E-state index in [1.165, 1.54) is 6.26 Å². The molecule has 2 aromatic heterocycles. The van der Waals surface area contributed by atoms with E-state index in [0.29, 0.717) is 24.7 Å². The minimum Gasteiger partial charge on any atom is -0.447 e. The quantitative estimate of drug-likeness (QED) is 0.788. The SMILES string of the molecule is O=C(NCC1CCCCO1)c1coc(CN2CCN(c3ncccn3)CC2)n1. The summed E-state index contributed by atoms with van der Waals surface area (Å²) in [6.45, 7) is 5.30. The van der Waals surface area contributed by atoms with E-state index in [9.17, 15) is 4.79 Å². The van der Waals surface area contributed by atoms with Gasteiger partial charge in [-0.3, -0.25) is 9.69 Å². The maximum Gasteiger partial charge on any atom is 0.273 e. The molecule has 28 heavy (non-hydrogen) atoms. The van der Waals surface area contributed by atoms with Gasteiger partial charge in [-0.05, 0) is 25.3 Å². The zero-order chi connectivity index (χ0) is 19.2. The van der Waals surface area contributed by atoms with Gasteiger partial charge in [0.1, 0.15) is 6.26 Å². The molecule has 1 atom stereocenters. The Hall–Kier alpha value is -2.52. The van der Waals surface area contributed by atoms with Crippen LogP contribution in [-0.4, -0.2) is 71.2 Å². The largest absolute Gasteiger partial charge is 0.447 e. The fourth-order valence-corrected chi connectivity index (χ4v) is 3.51. The molecule has 0 radical (unpaired) electrons. The van der Waals surface area contributed by atoms with Gasteiger partial charge in [0, 0.05) is 51.7 Å². The molecule has 150 valence electrons. The Kier molecular flexibility index (Phi) is 6.13. The van der Waals surface area contributed by atoms with Crippen molar-refractivity contribution < 1.29 is 13.9 Å². The number of nitrogens with zero attached hydrogens (tertiary/aromatic N) is 5. The summed E-state index contributed by atoms with van der Waals surface area (Å²) in [5, 5.41) is 2.89. The van der Waals surface area contributed by atoms with Crippen LogP contribution in [0.3, 0.4) is 0 Å². The highest BCUT2D eigenvalue weighted by atomic mass is 16.5. The van der Waals surface area contributed by atoms with E-state index >= 15 is 0 Å². The van der Waals surface area contributed by atoms with Crippen LogP contribution in [0.15, 0.2) is 29.1 Å². The predicted octanol–water partition coefficient (Wildman–Crippen LogP) is 1.09. The summed E-state index contributed by atoms with van der Waals surface area (Å²) in [4.78, 5) is 29.6. The number of oxazole rings is 1. The Balaban J connectivity index is 1.23. The lowest BCUT2D eigenvalue weighted by atomic mass is 10.1. The highest BCUT2D eigenvalue weighted by Crippen LogP contribution is 2.14. The molecule has 2 aliphatic heterocycles. The van der Waals surface area contributed by atoms with Crippen LogP contribution in [0, 0.1) is 0 Å². The number of aromatic nitrogens is 3. The molecule has 4 heterocycles. The number of nitrogens with one attached hydrogen (secondary N) is 1. The summed E-state index contributed by atoms with van der Waals surface area (Å²) in [5.74, 6) is 1.11. The van der Waals surface area contributed by atoms with Crippen molar-refractivity contribution in [3.8, 4) is 0 Å². The van der Waals surface area contributed by atoms with Crippen molar-refractivity contribution in [3.05, 3.63) is 36.3 Å². The van der Waals surface area contributed by atoms with Crippen LogP contribution < -0.4 is 10.2 Å². The number of rotatable bonds is 6. The monoisotopic (exact) mass is 386 g/mol. The minimum atomic E-state index is -0.213. The van der Waals surface area contributed by atoms with E-state index in [2.05, 4.69) is 30.1 Å². The third kappa shape index (κ3) is 4.85. The molecule has 9 heteroatoms. The number of hydrogen-bond donors (Lipinski definition) is 1. The number of amides is 1. The van der Waals surface area contributed by atoms with Crippen LogP contribution in [0.1, 0.15) is 35.6 Å². The zero-order valence-corrected chi connectivity index (χ0v) is 15.9. The highest BCUT2D eigenvalue weighted by molar-refractivity contribution is 5.91. The van der Waals surface area contributed by atoms with E-state index < -0.39 is 0 Å². The lowest BCUT2D eigenvalue weighted by Crippen LogP contribution is -2.46. The molecule has 2 saturated heterocycles. The first-order chi connectivity index (χ1) is 13.8. The molecular weight excluding hydrogens is 360 g/mol. The van der Waals surface area contributed by atoms with Gasteiger partial charge in [0.05, 0.1) is 12.6 Å². The second-order valence-electron chi connectivity index (χ2n) is 7.14. The molecule has 1 unspecified atom stereocenters. The van der Waals surface area contributed by atoms with Crippen molar-refractivity contribution in [1.29, 1.82) is 0 Å². The topological polar surface area (TPSA) is 96.6 Å². The molecule has 2 fully saturated rings. The normalized spacial score (nSPS) is 20.9. The lowest BCUT2D eigenvalue weighted by Gasteiger charge is -2.33. The summed E-state index contributed by atoms with van der Waals surface area (Å²) >= 11 is 0. The molecule has 2 aliphatic rings. The Labute approximate surface area is 164 Å². The number of carbonyl (C=O) groups is 1. The van der Waals surface area contributed by atoms with Gasteiger partial charge in [-0.25, -0.2) is 15.0 Å². The molecule has 1 amide bonds. The lowest BCUT2D eigenvalue weighted by molar-refractivity contribution is 0.0168. The second-order valence-corrected chi connectivity index (χ2v) is 7.14. The first kappa shape index (κ1) is 18.8. The first-order valence-electron chi connectivity index (χ1n) is 9.86. The smallest absolute Gasteiger partial charge is 0.273 e. The number of anilines is 1. The number of hydrogen-bond acceptors (Lipinski definition) is 8. The molecule has 9 nitrogen and oxygen atoms in total. The van der Waals surface area contributed by atoms with Gasteiger partial charge in [-0.2, -0.15) is 0 Å². The third-order valence-corrected chi connectivity index (χ3v) is 5.11. The maximum absolute atomic E-state index is 12.3.